The molecule has 1 heterocycles. The van der Waals surface area contributed by atoms with Gasteiger partial charge in [-0.15, -0.1) is 10.2 Å². The zero-order chi connectivity index (χ0) is 15.1. The zero-order valence-electron chi connectivity index (χ0n) is 12.3. The molecule has 0 saturated heterocycles. The molecule has 2 aromatic rings. The minimum atomic E-state index is -0.00187. The van der Waals surface area contributed by atoms with Gasteiger partial charge in [-0.1, -0.05) is 19.4 Å². The number of unbranched alkanes of at least 4 members (excludes halogenated alkanes) is 1. The molecule has 21 heavy (non-hydrogen) atoms. The van der Waals surface area contributed by atoms with E-state index in [1.54, 1.807) is 7.11 Å². The summed E-state index contributed by atoms with van der Waals surface area (Å²) in [5.41, 5.74) is 0.783. The van der Waals surface area contributed by atoms with Crippen LogP contribution >= 0.6 is 0 Å². The molecule has 2 rings (SSSR count). The standard InChI is InChI=1S/C15H19N3O3/c1-3-4-8-13(19)16-10-14-17-18-15(21-14)11-6-5-7-12(9-11)20-2/h5-7,9H,3-4,8,10H2,1-2H3,(H,16,19). The Morgan fingerprint density at radius 2 is 2.24 bits per heavy atom. The normalized spacial score (nSPS) is 10.4. The first-order valence-corrected chi connectivity index (χ1v) is 6.96. The first-order valence-electron chi connectivity index (χ1n) is 6.96. The average molecular weight is 289 g/mol. The van der Waals surface area contributed by atoms with Crippen LogP contribution in [0.4, 0.5) is 0 Å². The summed E-state index contributed by atoms with van der Waals surface area (Å²) in [4.78, 5) is 11.5. The number of carbonyl (C=O) groups excluding carboxylic acids is 1. The molecule has 0 aliphatic heterocycles. The van der Waals surface area contributed by atoms with Crippen LogP contribution in [0.5, 0.6) is 5.75 Å². The number of benzene rings is 1. The maximum absolute atomic E-state index is 11.5. The zero-order valence-corrected chi connectivity index (χ0v) is 12.3. The second-order valence-corrected chi connectivity index (χ2v) is 4.61. The molecule has 1 amide bonds. The van der Waals surface area contributed by atoms with E-state index in [1.165, 1.54) is 0 Å². The Morgan fingerprint density at radius 1 is 1.38 bits per heavy atom. The predicted octanol–water partition coefficient (Wildman–Crippen LogP) is 2.55. The molecule has 1 aromatic heterocycles. The number of hydrogen-bond acceptors (Lipinski definition) is 5. The number of rotatable bonds is 7. The molecule has 0 atom stereocenters. The largest absolute Gasteiger partial charge is 0.497 e. The Balaban J connectivity index is 1.96. The number of aromatic nitrogens is 2. The van der Waals surface area contributed by atoms with E-state index in [0.29, 0.717) is 18.2 Å². The van der Waals surface area contributed by atoms with Crippen molar-refractivity contribution in [3.05, 3.63) is 30.2 Å². The van der Waals surface area contributed by atoms with Crippen LogP contribution in [-0.4, -0.2) is 23.2 Å². The summed E-state index contributed by atoms with van der Waals surface area (Å²) >= 11 is 0. The minimum Gasteiger partial charge on any atom is -0.497 e. The van der Waals surface area contributed by atoms with E-state index < -0.39 is 0 Å². The molecule has 6 nitrogen and oxygen atoms in total. The highest BCUT2D eigenvalue weighted by molar-refractivity contribution is 5.75. The molecular weight excluding hydrogens is 270 g/mol. The van der Waals surface area contributed by atoms with Crippen LogP contribution in [0, 0.1) is 0 Å². The van der Waals surface area contributed by atoms with Crippen LogP contribution in [0.25, 0.3) is 11.5 Å². The van der Waals surface area contributed by atoms with E-state index >= 15 is 0 Å². The molecule has 0 unspecified atom stereocenters. The number of methoxy groups -OCH3 is 1. The first-order chi connectivity index (χ1) is 10.2. The number of nitrogens with one attached hydrogen (secondary N) is 1. The van der Waals surface area contributed by atoms with Crippen molar-refractivity contribution in [1.29, 1.82) is 0 Å². The molecule has 112 valence electrons. The summed E-state index contributed by atoms with van der Waals surface area (Å²) in [7, 11) is 1.60. The van der Waals surface area contributed by atoms with Gasteiger partial charge >= 0.3 is 0 Å². The number of hydrogen-bond donors (Lipinski definition) is 1. The van der Waals surface area contributed by atoms with Crippen LogP contribution in [0.1, 0.15) is 32.1 Å². The third-order valence-electron chi connectivity index (χ3n) is 2.98. The fourth-order valence-electron chi connectivity index (χ4n) is 1.80. The summed E-state index contributed by atoms with van der Waals surface area (Å²) in [6, 6.07) is 7.37. The van der Waals surface area contributed by atoms with Crippen molar-refractivity contribution in [2.75, 3.05) is 7.11 Å². The molecule has 6 heteroatoms. The van der Waals surface area contributed by atoms with Crippen molar-refractivity contribution in [3.63, 3.8) is 0 Å². The summed E-state index contributed by atoms with van der Waals surface area (Å²) in [5, 5.41) is 10.7. The summed E-state index contributed by atoms with van der Waals surface area (Å²) in [6.45, 7) is 2.30. The second-order valence-electron chi connectivity index (χ2n) is 4.61. The molecule has 0 bridgehead atoms. The van der Waals surface area contributed by atoms with Gasteiger partial charge < -0.3 is 14.5 Å². The predicted molar refractivity (Wildman–Crippen MR) is 77.7 cm³/mol. The number of amides is 1. The minimum absolute atomic E-state index is 0.00187. The smallest absolute Gasteiger partial charge is 0.247 e. The van der Waals surface area contributed by atoms with Gasteiger partial charge in [0.15, 0.2) is 0 Å². The van der Waals surface area contributed by atoms with Crippen molar-refractivity contribution >= 4 is 5.91 Å². The number of ether oxygens (including phenoxy) is 1. The number of nitrogens with zero attached hydrogens (tertiary/aromatic N) is 2. The fourth-order valence-corrected chi connectivity index (χ4v) is 1.80. The Kier molecular flexibility index (Phi) is 5.31. The van der Waals surface area contributed by atoms with Crippen molar-refractivity contribution in [2.24, 2.45) is 0 Å². The molecular formula is C15H19N3O3. The van der Waals surface area contributed by atoms with Gasteiger partial charge in [-0.2, -0.15) is 0 Å². The van der Waals surface area contributed by atoms with Gasteiger partial charge in [0.25, 0.3) is 0 Å². The van der Waals surface area contributed by atoms with E-state index in [-0.39, 0.29) is 12.5 Å². The maximum Gasteiger partial charge on any atom is 0.247 e. The van der Waals surface area contributed by atoms with Gasteiger partial charge in [0.1, 0.15) is 5.75 Å². The van der Waals surface area contributed by atoms with Gasteiger partial charge in [-0.25, -0.2) is 0 Å². The van der Waals surface area contributed by atoms with E-state index in [2.05, 4.69) is 15.5 Å². The second kappa shape index (κ2) is 7.42. The third-order valence-corrected chi connectivity index (χ3v) is 2.98. The van der Waals surface area contributed by atoms with Gasteiger partial charge in [-0.05, 0) is 24.6 Å². The van der Waals surface area contributed by atoms with E-state index in [4.69, 9.17) is 9.15 Å². The molecule has 1 N–H and O–H groups in total. The Hall–Kier alpha value is -2.37. The van der Waals surface area contributed by atoms with Crippen LogP contribution in [0.15, 0.2) is 28.7 Å². The van der Waals surface area contributed by atoms with Gasteiger partial charge in [0.2, 0.25) is 17.7 Å². The molecule has 0 saturated carbocycles. The van der Waals surface area contributed by atoms with E-state index in [9.17, 15) is 4.79 Å². The van der Waals surface area contributed by atoms with Crippen molar-refractivity contribution in [1.82, 2.24) is 15.5 Å². The van der Waals surface area contributed by atoms with Crippen LogP contribution in [-0.2, 0) is 11.3 Å². The Labute approximate surface area is 123 Å². The molecule has 0 fully saturated rings. The lowest BCUT2D eigenvalue weighted by atomic mass is 10.2. The summed E-state index contributed by atoms with van der Waals surface area (Å²) < 4.78 is 10.7. The Morgan fingerprint density at radius 3 is 3.00 bits per heavy atom. The van der Waals surface area contributed by atoms with Crippen molar-refractivity contribution < 1.29 is 13.9 Å². The Bertz CT molecular complexity index is 595. The monoisotopic (exact) mass is 289 g/mol. The van der Waals surface area contributed by atoms with Crippen molar-refractivity contribution in [2.45, 2.75) is 32.7 Å². The highest BCUT2D eigenvalue weighted by Crippen LogP contribution is 2.22. The third kappa shape index (κ3) is 4.30. The van der Waals surface area contributed by atoms with Gasteiger partial charge in [-0.3, -0.25) is 4.79 Å². The van der Waals surface area contributed by atoms with Crippen LogP contribution < -0.4 is 10.1 Å². The molecule has 0 aliphatic carbocycles. The lowest BCUT2D eigenvalue weighted by molar-refractivity contribution is -0.121. The van der Waals surface area contributed by atoms with Crippen LogP contribution in [0.3, 0.4) is 0 Å². The highest BCUT2D eigenvalue weighted by Gasteiger charge is 2.10. The van der Waals surface area contributed by atoms with Crippen molar-refractivity contribution in [3.8, 4) is 17.2 Å². The molecule has 0 radical (unpaired) electrons. The lowest BCUT2D eigenvalue weighted by Gasteiger charge is -2.01. The molecule has 1 aromatic carbocycles. The van der Waals surface area contributed by atoms with Gasteiger partial charge in [0, 0.05) is 12.0 Å². The average Bonchev–Trinajstić information content (AvgIpc) is 3.00. The summed E-state index contributed by atoms with van der Waals surface area (Å²) in [6.07, 6.45) is 2.39. The fraction of sp³-hybridized carbons (Fsp3) is 0.400. The first kappa shape index (κ1) is 15.0. The summed E-state index contributed by atoms with van der Waals surface area (Å²) in [5.74, 6) is 1.52. The highest BCUT2D eigenvalue weighted by atomic mass is 16.5. The SMILES string of the molecule is CCCCC(=O)NCc1nnc(-c2cccc(OC)c2)o1. The lowest BCUT2D eigenvalue weighted by Crippen LogP contribution is -2.22. The number of carbonyl (C=O) groups is 1. The van der Waals surface area contributed by atoms with Gasteiger partial charge in [0.05, 0.1) is 13.7 Å². The topological polar surface area (TPSA) is 77.2 Å². The van der Waals surface area contributed by atoms with E-state index in [1.807, 2.05) is 31.2 Å². The quantitative estimate of drug-likeness (QED) is 0.847. The molecule has 0 aliphatic rings. The van der Waals surface area contributed by atoms with Crippen LogP contribution in [0.2, 0.25) is 0 Å². The van der Waals surface area contributed by atoms with E-state index in [0.717, 1.165) is 24.2 Å². The maximum atomic E-state index is 11.5. The molecule has 0 spiro atoms.